The number of aromatic nitrogens is 5. The zero-order chi connectivity index (χ0) is 33.5. The number of para-hydroxylation sites is 3. The smallest absolute Gasteiger partial charge is 0.164 e. The summed E-state index contributed by atoms with van der Waals surface area (Å²) in [7, 11) is 0. The van der Waals surface area contributed by atoms with E-state index in [0.29, 0.717) is 17.5 Å². The molecule has 0 aliphatic rings. The number of nitrogens with zero attached hydrogens (tertiary/aromatic N) is 5. The van der Waals surface area contributed by atoms with Crippen LogP contribution in [0.1, 0.15) is 0 Å². The highest BCUT2D eigenvalue weighted by Crippen LogP contribution is 2.38. The third-order valence-electron chi connectivity index (χ3n) is 10.2. The van der Waals surface area contributed by atoms with Crippen molar-refractivity contribution < 1.29 is 0 Å². The Morgan fingerprint density at radius 3 is 1.39 bits per heavy atom. The highest BCUT2D eigenvalue weighted by molar-refractivity contribution is 6.25. The molecule has 5 heteroatoms. The van der Waals surface area contributed by atoms with Gasteiger partial charge >= 0.3 is 0 Å². The summed E-state index contributed by atoms with van der Waals surface area (Å²) in [6, 6.07) is 57.4. The summed E-state index contributed by atoms with van der Waals surface area (Å²) >= 11 is 0. The van der Waals surface area contributed by atoms with Crippen LogP contribution >= 0.6 is 0 Å². The van der Waals surface area contributed by atoms with E-state index in [1.807, 2.05) is 24.3 Å². The maximum absolute atomic E-state index is 5.19. The molecular formula is C46H27N5. The summed E-state index contributed by atoms with van der Waals surface area (Å²) in [5.74, 6) is 1.90. The van der Waals surface area contributed by atoms with Crippen LogP contribution in [0.2, 0.25) is 0 Å². The van der Waals surface area contributed by atoms with Crippen LogP contribution < -0.4 is 0 Å². The maximum Gasteiger partial charge on any atom is 0.164 e. The van der Waals surface area contributed by atoms with Crippen LogP contribution in [0.5, 0.6) is 0 Å². The minimum absolute atomic E-state index is 0.627. The van der Waals surface area contributed by atoms with Gasteiger partial charge in [-0.2, -0.15) is 0 Å². The summed E-state index contributed by atoms with van der Waals surface area (Å²) in [5.41, 5.74) is 6.94. The van der Waals surface area contributed by atoms with Crippen LogP contribution in [0.25, 0.3) is 105 Å². The van der Waals surface area contributed by atoms with Gasteiger partial charge in [-0.25, -0.2) is 19.9 Å². The molecule has 8 aromatic carbocycles. The van der Waals surface area contributed by atoms with Gasteiger partial charge in [0, 0.05) is 27.5 Å². The minimum atomic E-state index is 0.627. The molecule has 3 aromatic heterocycles. The predicted molar refractivity (Wildman–Crippen MR) is 210 cm³/mol. The molecule has 0 aliphatic heterocycles. The number of hydrogen-bond acceptors (Lipinski definition) is 4. The molecule has 0 saturated heterocycles. The number of hydrogen-bond donors (Lipinski definition) is 0. The molecule has 3 heterocycles. The lowest BCUT2D eigenvalue weighted by molar-refractivity contribution is 1.08. The zero-order valence-corrected chi connectivity index (χ0v) is 27.3. The molecule has 5 nitrogen and oxygen atoms in total. The van der Waals surface area contributed by atoms with Gasteiger partial charge in [-0.05, 0) is 74.1 Å². The molecule has 51 heavy (non-hydrogen) atoms. The van der Waals surface area contributed by atoms with Gasteiger partial charge in [0.05, 0.1) is 16.6 Å². The fourth-order valence-electron chi connectivity index (χ4n) is 7.85. The highest BCUT2D eigenvalue weighted by atomic mass is 15.0. The van der Waals surface area contributed by atoms with E-state index in [2.05, 4.69) is 144 Å². The summed E-state index contributed by atoms with van der Waals surface area (Å²) in [6.07, 6.45) is 0. The third-order valence-corrected chi connectivity index (χ3v) is 10.2. The first kappa shape index (κ1) is 27.9. The van der Waals surface area contributed by atoms with Crippen molar-refractivity contribution in [2.75, 3.05) is 0 Å². The van der Waals surface area contributed by atoms with Crippen molar-refractivity contribution in [2.24, 2.45) is 0 Å². The molecular weight excluding hydrogens is 623 g/mol. The van der Waals surface area contributed by atoms with Crippen LogP contribution in [0, 0.1) is 0 Å². The Kier molecular flexibility index (Phi) is 5.89. The van der Waals surface area contributed by atoms with E-state index in [0.717, 1.165) is 55.0 Å². The van der Waals surface area contributed by atoms with Gasteiger partial charge in [-0.15, -0.1) is 0 Å². The van der Waals surface area contributed by atoms with Crippen LogP contribution in [-0.4, -0.2) is 24.3 Å². The second-order valence-electron chi connectivity index (χ2n) is 13.1. The van der Waals surface area contributed by atoms with Crippen molar-refractivity contribution in [3.05, 3.63) is 164 Å². The zero-order valence-electron chi connectivity index (χ0n) is 27.3. The van der Waals surface area contributed by atoms with Gasteiger partial charge in [0.15, 0.2) is 17.5 Å². The lowest BCUT2D eigenvalue weighted by Crippen LogP contribution is -2.00. The molecule has 11 aromatic rings. The quantitative estimate of drug-likeness (QED) is 0.179. The molecule has 0 aliphatic carbocycles. The highest BCUT2D eigenvalue weighted by Gasteiger charge is 2.18. The van der Waals surface area contributed by atoms with E-state index in [9.17, 15) is 0 Å². The molecule has 236 valence electrons. The number of pyridine rings is 1. The van der Waals surface area contributed by atoms with Crippen molar-refractivity contribution in [1.29, 1.82) is 0 Å². The Bertz CT molecular complexity index is 3160. The average molecular weight is 650 g/mol. The van der Waals surface area contributed by atoms with Crippen molar-refractivity contribution in [1.82, 2.24) is 24.3 Å². The molecule has 0 fully saturated rings. The van der Waals surface area contributed by atoms with Crippen LogP contribution in [0.15, 0.2) is 164 Å². The van der Waals surface area contributed by atoms with Gasteiger partial charge in [-0.3, -0.25) is 4.40 Å². The van der Waals surface area contributed by atoms with Crippen LogP contribution in [0.4, 0.5) is 0 Å². The first-order valence-corrected chi connectivity index (χ1v) is 17.2. The molecule has 11 rings (SSSR count). The number of imidazole rings is 1. The predicted octanol–water partition coefficient (Wildman–Crippen LogP) is 11.4. The van der Waals surface area contributed by atoms with Gasteiger partial charge in [0.25, 0.3) is 0 Å². The van der Waals surface area contributed by atoms with Gasteiger partial charge < -0.3 is 0 Å². The van der Waals surface area contributed by atoms with Crippen molar-refractivity contribution in [2.45, 2.75) is 0 Å². The maximum atomic E-state index is 5.19. The van der Waals surface area contributed by atoms with Gasteiger partial charge in [-0.1, -0.05) is 127 Å². The van der Waals surface area contributed by atoms with Gasteiger partial charge in [0.1, 0.15) is 5.65 Å². The first-order chi connectivity index (χ1) is 25.3. The molecule has 0 saturated carbocycles. The van der Waals surface area contributed by atoms with E-state index in [1.165, 1.54) is 32.3 Å². The monoisotopic (exact) mass is 649 g/mol. The number of rotatable bonds is 3. The summed E-state index contributed by atoms with van der Waals surface area (Å²) < 4.78 is 2.27. The lowest BCUT2D eigenvalue weighted by atomic mass is 9.93. The molecule has 0 atom stereocenters. The fraction of sp³-hybridized carbons (Fsp3) is 0. The van der Waals surface area contributed by atoms with E-state index in [-0.39, 0.29) is 0 Å². The SMILES string of the molecule is c1ccc(-c2nc(-c3ccc4c5ccccc5c5ccccc5c4c3)nc(-c3ccc4c(c3)c3ccccc3n3c5ccccc5nc43)n2)cc1. The number of benzene rings is 8. The Labute approximate surface area is 292 Å². The Morgan fingerprint density at radius 2 is 0.745 bits per heavy atom. The first-order valence-electron chi connectivity index (χ1n) is 17.2. The van der Waals surface area contributed by atoms with E-state index in [4.69, 9.17) is 19.9 Å². The largest absolute Gasteiger partial charge is 0.292 e. The molecule has 0 spiro atoms. The van der Waals surface area contributed by atoms with E-state index >= 15 is 0 Å². The van der Waals surface area contributed by atoms with Crippen molar-refractivity contribution in [3.63, 3.8) is 0 Å². The van der Waals surface area contributed by atoms with Crippen molar-refractivity contribution >= 4 is 70.7 Å². The second-order valence-corrected chi connectivity index (χ2v) is 13.1. The topological polar surface area (TPSA) is 56.0 Å². The Morgan fingerprint density at radius 1 is 0.294 bits per heavy atom. The molecule has 0 radical (unpaired) electrons. The van der Waals surface area contributed by atoms with Crippen molar-refractivity contribution in [3.8, 4) is 34.2 Å². The second kappa shape index (κ2) is 10.8. The third kappa shape index (κ3) is 4.22. The summed E-state index contributed by atoms with van der Waals surface area (Å²) in [6.45, 7) is 0. The lowest BCUT2D eigenvalue weighted by Gasteiger charge is -2.13. The molecule has 0 amide bonds. The summed E-state index contributed by atoms with van der Waals surface area (Å²) in [4.78, 5) is 20.5. The number of fused-ring (bicyclic) bond motifs is 14. The molecule has 0 N–H and O–H groups in total. The molecule has 0 unspecified atom stereocenters. The Hall–Kier alpha value is -6.98. The normalized spacial score (nSPS) is 11.9. The van der Waals surface area contributed by atoms with E-state index in [1.54, 1.807) is 0 Å². The molecule has 0 bridgehead atoms. The van der Waals surface area contributed by atoms with Crippen LogP contribution in [0.3, 0.4) is 0 Å². The Balaban J connectivity index is 1.16. The minimum Gasteiger partial charge on any atom is -0.292 e. The average Bonchev–Trinajstić information content (AvgIpc) is 3.61. The standard InChI is InChI=1S/C46H27N5/c1-2-12-28(13-3-1)43-48-44(29-22-24-35-33-16-5-4-14-31(33)32-15-6-7-17-34(32)38(35)26-29)50-45(49-43)30-23-25-37-39(27-30)36-18-8-10-20-41(36)51-42-21-11-9-19-40(42)47-46(37)51/h1-27H. The summed E-state index contributed by atoms with van der Waals surface area (Å²) in [5, 5.41) is 10.7. The van der Waals surface area contributed by atoms with E-state index < -0.39 is 0 Å². The van der Waals surface area contributed by atoms with Crippen LogP contribution in [-0.2, 0) is 0 Å². The van der Waals surface area contributed by atoms with Gasteiger partial charge in [0.2, 0.25) is 0 Å². The fourth-order valence-corrected chi connectivity index (χ4v) is 7.85.